The van der Waals surface area contributed by atoms with Crippen LogP contribution in [-0.4, -0.2) is 25.4 Å². The van der Waals surface area contributed by atoms with Crippen LogP contribution in [0, 0.1) is 0 Å². The van der Waals surface area contributed by atoms with E-state index in [0.29, 0.717) is 12.2 Å². The summed E-state index contributed by atoms with van der Waals surface area (Å²) in [4.78, 5) is 0. The highest BCUT2D eigenvalue weighted by Gasteiger charge is 2.17. The molecule has 1 rings (SSSR count). The lowest BCUT2D eigenvalue weighted by Gasteiger charge is -2.14. The molecule has 0 amide bonds. The fourth-order valence-corrected chi connectivity index (χ4v) is 1.04. The van der Waals surface area contributed by atoms with Gasteiger partial charge >= 0.3 is 0 Å². The Morgan fingerprint density at radius 1 is 1.70 bits per heavy atom. The van der Waals surface area contributed by atoms with Gasteiger partial charge in [0, 0.05) is 6.61 Å². The molecule has 2 atom stereocenters. The summed E-state index contributed by atoms with van der Waals surface area (Å²) in [5.41, 5.74) is 0. The van der Waals surface area contributed by atoms with Crippen LogP contribution < -0.4 is 0 Å². The molecule has 1 aliphatic rings. The Kier molecular flexibility index (Phi) is 3.16. The second-order valence-corrected chi connectivity index (χ2v) is 2.84. The second-order valence-electron chi connectivity index (χ2n) is 2.84. The number of rotatable bonds is 3. The van der Waals surface area contributed by atoms with Crippen molar-refractivity contribution in [3.63, 3.8) is 0 Å². The first kappa shape index (κ1) is 8.02. The predicted octanol–water partition coefficient (Wildman–Crippen LogP) is 1.59. The van der Waals surface area contributed by atoms with E-state index in [1.165, 1.54) is 0 Å². The predicted molar refractivity (Wildman–Crippen MR) is 40.1 cm³/mol. The third-order valence-corrected chi connectivity index (χ3v) is 1.89. The van der Waals surface area contributed by atoms with Crippen molar-refractivity contribution in [3.8, 4) is 0 Å². The highest BCUT2D eigenvalue weighted by atomic mass is 16.5. The van der Waals surface area contributed by atoms with Crippen molar-refractivity contribution in [1.82, 2.24) is 0 Å². The average Bonchev–Trinajstić information content (AvgIpc) is 2.40. The van der Waals surface area contributed by atoms with Crippen molar-refractivity contribution >= 4 is 0 Å². The first-order valence-electron chi connectivity index (χ1n) is 4.06. The lowest BCUT2D eigenvalue weighted by Crippen LogP contribution is -2.18. The molecule has 1 heterocycles. The Labute approximate surface area is 62.5 Å². The summed E-state index contributed by atoms with van der Waals surface area (Å²) in [6, 6.07) is 0. The van der Waals surface area contributed by atoms with Gasteiger partial charge in [-0.05, 0) is 19.8 Å². The molecule has 1 saturated heterocycles. The molecule has 2 nitrogen and oxygen atoms in total. The Hall–Kier alpha value is -0.0800. The SMILES string of the molecule is CCC(C)OC1CCOC1. The summed E-state index contributed by atoms with van der Waals surface area (Å²) in [6.45, 7) is 5.92. The van der Waals surface area contributed by atoms with Crippen molar-refractivity contribution in [1.29, 1.82) is 0 Å². The lowest BCUT2D eigenvalue weighted by atomic mass is 10.3. The van der Waals surface area contributed by atoms with Crippen LogP contribution in [0.5, 0.6) is 0 Å². The second kappa shape index (κ2) is 3.94. The molecule has 0 bridgehead atoms. The van der Waals surface area contributed by atoms with Crippen LogP contribution in [0.15, 0.2) is 0 Å². The van der Waals surface area contributed by atoms with Crippen LogP contribution >= 0.6 is 0 Å². The monoisotopic (exact) mass is 144 g/mol. The van der Waals surface area contributed by atoms with E-state index in [9.17, 15) is 0 Å². The van der Waals surface area contributed by atoms with E-state index >= 15 is 0 Å². The minimum absolute atomic E-state index is 0.370. The Bertz CT molecular complexity index is 87.3. The molecule has 0 spiro atoms. The standard InChI is InChI=1S/C8H16O2/c1-3-7(2)10-8-4-5-9-6-8/h7-8H,3-6H2,1-2H3. The van der Waals surface area contributed by atoms with Crippen LogP contribution in [0.25, 0.3) is 0 Å². The van der Waals surface area contributed by atoms with E-state index in [1.54, 1.807) is 0 Å². The van der Waals surface area contributed by atoms with Crippen molar-refractivity contribution < 1.29 is 9.47 Å². The molecule has 0 radical (unpaired) electrons. The highest BCUT2D eigenvalue weighted by molar-refractivity contribution is 4.64. The number of hydrogen-bond acceptors (Lipinski definition) is 2. The Balaban J connectivity index is 2.11. The fourth-order valence-electron chi connectivity index (χ4n) is 1.04. The summed E-state index contributed by atoms with van der Waals surface area (Å²) >= 11 is 0. The lowest BCUT2D eigenvalue weighted by molar-refractivity contribution is -0.00773. The normalized spacial score (nSPS) is 28.8. The largest absolute Gasteiger partial charge is 0.379 e. The van der Waals surface area contributed by atoms with E-state index in [2.05, 4.69) is 13.8 Å². The summed E-state index contributed by atoms with van der Waals surface area (Å²) in [6.07, 6.45) is 2.93. The zero-order valence-corrected chi connectivity index (χ0v) is 6.80. The maximum Gasteiger partial charge on any atom is 0.0834 e. The van der Waals surface area contributed by atoms with Gasteiger partial charge in [-0.2, -0.15) is 0 Å². The van der Waals surface area contributed by atoms with Crippen molar-refractivity contribution in [2.24, 2.45) is 0 Å². The van der Waals surface area contributed by atoms with Crippen LogP contribution in [0.3, 0.4) is 0 Å². The smallest absolute Gasteiger partial charge is 0.0834 e. The van der Waals surface area contributed by atoms with Gasteiger partial charge in [0.2, 0.25) is 0 Å². The minimum Gasteiger partial charge on any atom is -0.379 e. The van der Waals surface area contributed by atoms with E-state index in [4.69, 9.17) is 9.47 Å². The first-order valence-corrected chi connectivity index (χ1v) is 4.06. The summed E-state index contributed by atoms with van der Waals surface area (Å²) in [7, 11) is 0. The van der Waals surface area contributed by atoms with Gasteiger partial charge in [-0.15, -0.1) is 0 Å². The van der Waals surface area contributed by atoms with Crippen molar-refractivity contribution in [3.05, 3.63) is 0 Å². The third-order valence-electron chi connectivity index (χ3n) is 1.89. The molecular weight excluding hydrogens is 128 g/mol. The zero-order valence-electron chi connectivity index (χ0n) is 6.80. The highest BCUT2D eigenvalue weighted by Crippen LogP contribution is 2.11. The van der Waals surface area contributed by atoms with E-state index in [1.807, 2.05) is 0 Å². The molecule has 60 valence electrons. The minimum atomic E-state index is 0.370. The Morgan fingerprint density at radius 3 is 3.00 bits per heavy atom. The maximum absolute atomic E-state index is 5.64. The van der Waals surface area contributed by atoms with E-state index < -0.39 is 0 Å². The van der Waals surface area contributed by atoms with Gasteiger partial charge in [0.05, 0.1) is 18.8 Å². The van der Waals surface area contributed by atoms with Gasteiger partial charge in [0.25, 0.3) is 0 Å². The molecule has 0 aromatic carbocycles. The van der Waals surface area contributed by atoms with Gasteiger partial charge in [0.1, 0.15) is 0 Å². The third kappa shape index (κ3) is 2.27. The van der Waals surface area contributed by atoms with E-state index in [-0.39, 0.29) is 0 Å². The molecule has 2 heteroatoms. The summed E-state index contributed by atoms with van der Waals surface area (Å²) in [5.74, 6) is 0. The van der Waals surface area contributed by atoms with Crippen LogP contribution in [0.2, 0.25) is 0 Å². The fraction of sp³-hybridized carbons (Fsp3) is 1.00. The van der Waals surface area contributed by atoms with Gasteiger partial charge < -0.3 is 9.47 Å². The first-order chi connectivity index (χ1) is 4.83. The quantitative estimate of drug-likeness (QED) is 0.599. The maximum atomic E-state index is 5.64. The molecule has 0 aliphatic carbocycles. The molecule has 1 fully saturated rings. The topological polar surface area (TPSA) is 18.5 Å². The average molecular weight is 144 g/mol. The molecule has 0 aromatic heterocycles. The molecule has 0 aromatic rings. The van der Waals surface area contributed by atoms with E-state index in [0.717, 1.165) is 26.1 Å². The van der Waals surface area contributed by atoms with Crippen molar-refractivity contribution in [2.45, 2.75) is 38.9 Å². The van der Waals surface area contributed by atoms with Gasteiger partial charge in [0.15, 0.2) is 0 Å². The molecule has 0 saturated carbocycles. The van der Waals surface area contributed by atoms with Crippen LogP contribution in [0.1, 0.15) is 26.7 Å². The van der Waals surface area contributed by atoms with Crippen LogP contribution in [0.4, 0.5) is 0 Å². The molecular formula is C8H16O2. The molecule has 0 N–H and O–H groups in total. The van der Waals surface area contributed by atoms with Gasteiger partial charge in [-0.3, -0.25) is 0 Å². The molecule has 2 unspecified atom stereocenters. The summed E-state index contributed by atoms with van der Waals surface area (Å²) in [5, 5.41) is 0. The summed E-state index contributed by atoms with van der Waals surface area (Å²) < 4.78 is 10.8. The molecule has 1 aliphatic heterocycles. The Morgan fingerprint density at radius 2 is 2.50 bits per heavy atom. The molecule has 10 heavy (non-hydrogen) atoms. The van der Waals surface area contributed by atoms with Crippen molar-refractivity contribution in [2.75, 3.05) is 13.2 Å². The van der Waals surface area contributed by atoms with Gasteiger partial charge in [-0.1, -0.05) is 6.92 Å². The van der Waals surface area contributed by atoms with Crippen LogP contribution in [-0.2, 0) is 9.47 Å². The zero-order chi connectivity index (χ0) is 7.40. The van der Waals surface area contributed by atoms with Gasteiger partial charge in [-0.25, -0.2) is 0 Å². The number of hydrogen-bond donors (Lipinski definition) is 0. The number of ether oxygens (including phenoxy) is 2.